The van der Waals surface area contributed by atoms with Crippen molar-refractivity contribution in [3.8, 4) is 0 Å². The van der Waals surface area contributed by atoms with Gasteiger partial charge in [-0.15, -0.1) is 0 Å². The van der Waals surface area contributed by atoms with Crippen molar-refractivity contribution in [3.05, 3.63) is 48.0 Å². The van der Waals surface area contributed by atoms with Gasteiger partial charge in [0.05, 0.1) is 25.4 Å². The Morgan fingerprint density at radius 1 is 1.30 bits per heavy atom. The van der Waals surface area contributed by atoms with E-state index in [2.05, 4.69) is 12.1 Å². The molecule has 0 unspecified atom stereocenters. The zero-order valence-corrected chi connectivity index (χ0v) is 18.0. The van der Waals surface area contributed by atoms with Crippen LogP contribution in [0.3, 0.4) is 0 Å². The van der Waals surface area contributed by atoms with Gasteiger partial charge in [0, 0.05) is 25.4 Å². The summed E-state index contributed by atoms with van der Waals surface area (Å²) in [5.41, 5.74) is 1.22. The number of benzene rings is 1. The van der Waals surface area contributed by atoms with Gasteiger partial charge in [-0.1, -0.05) is 42.5 Å². The van der Waals surface area contributed by atoms with Gasteiger partial charge in [0.1, 0.15) is 0 Å². The number of hydrogen-bond acceptors (Lipinski definition) is 5. The van der Waals surface area contributed by atoms with Crippen molar-refractivity contribution in [2.75, 3.05) is 13.7 Å². The predicted molar refractivity (Wildman–Crippen MR) is 116 cm³/mol. The first kappa shape index (κ1) is 23.0. The van der Waals surface area contributed by atoms with Crippen molar-refractivity contribution in [1.29, 1.82) is 0 Å². The Kier molecular flexibility index (Phi) is 8.91. The number of ether oxygens (including phenoxy) is 2. The summed E-state index contributed by atoms with van der Waals surface area (Å²) in [5, 5.41) is 20.9. The molecule has 2 N–H and O–H groups in total. The van der Waals surface area contributed by atoms with Gasteiger partial charge >= 0.3 is 5.97 Å². The van der Waals surface area contributed by atoms with Gasteiger partial charge in [-0.3, -0.25) is 4.79 Å². The number of hydrogen-bond donors (Lipinski definition) is 2. The molecule has 30 heavy (non-hydrogen) atoms. The largest absolute Gasteiger partial charge is 0.469 e. The molecule has 6 atom stereocenters. The quantitative estimate of drug-likeness (QED) is 0.474. The lowest BCUT2D eigenvalue weighted by Gasteiger charge is -2.21. The number of methoxy groups -OCH3 is 1. The second-order valence-electron chi connectivity index (χ2n) is 8.80. The Morgan fingerprint density at radius 3 is 2.87 bits per heavy atom. The second kappa shape index (κ2) is 11.6. The molecule has 0 amide bonds. The van der Waals surface area contributed by atoms with E-state index in [1.54, 1.807) is 0 Å². The highest BCUT2D eigenvalue weighted by Gasteiger charge is 2.43. The third-order valence-corrected chi connectivity index (χ3v) is 6.69. The number of carbonyl (C=O) groups excluding carboxylic acids is 1. The van der Waals surface area contributed by atoms with Crippen LogP contribution in [0.5, 0.6) is 0 Å². The van der Waals surface area contributed by atoms with Crippen molar-refractivity contribution in [2.24, 2.45) is 17.8 Å². The Balaban J connectivity index is 1.47. The number of aliphatic hydroxyl groups excluding tert-OH is 2. The third-order valence-electron chi connectivity index (χ3n) is 6.69. The van der Waals surface area contributed by atoms with E-state index in [0.717, 1.165) is 32.1 Å². The maximum absolute atomic E-state index is 11.3. The maximum atomic E-state index is 11.3. The van der Waals surface area contributed by atoms with E-state index in [1.165, 1.54) is 12.7 Å². The summed E-state index contributed by atoms with van der Waals surface area (Å²) in [6.45, 7) is 0.700. The van der Waals surface area contributed by atoms with Gasteiger partial charge < -0.3 is 19.7 Å². The van der Waals surface area contributed by atoms with Crippen LogP contribution in [0.2, 0.25) is 0 Å². The highest BCUT2D eigenvalue weighted by atomic mass is 16.5. The highest BCUT2D eigenvalue weighted by Crippen LogP contribution is 2.42. The normalized spacial score (nSPS) is 30.0. The highest BCUT2D eigenvalue weighted by molar-refractivity contribution is 5.68. The van der Waals surface area contributed by atoms with Gasteiger partial charge in [-0.25, -0.2) is 0 Å². The fraction of sp³-hybridized carbons (Fsp3) is 0.640. The number of rotatable bonds is 9. The zero-order valence-electron chi connectivity index (χ0n) is 18.0. The van der Waals surface area contributed by atoms with E-state index in [9.17, 15) is 15.0 Å². The molecule has 2 aliphatic rings. The Labute approximate surface area is 180 Å². The summed E-state index contributed by atoms with van der Waals surface area (Å²) < 4.78 is 10.9. The summed E-state index contributed by atoms with van der Waals surface area (Å²) in [5.74, 6) is 0.637. The molecule has 5 heteroatoms. The van der Waals surface area contributed by atoms with Crippen LogP contribution in [-0.4, -0.2) is 48.2 Å². The van der Waals surface area contributed by atoms with Crippen molar-refractivity contribution in [1.82, 2.24) is 0 Å². The van der Waals surface area contributed by atoms with Gasteiger partial charge in [0.15, 0.2) is 0 Å². The van der Waals surface area contributed by atoms with Crippen LogP contribution >= 0.6 is 0 Å². The summed E-state index contributed by atoms with van der Waals surface area (Å²) in [4.78, 5) is 11.3. The summed E-state index contributed by atoms with van der Waals surface area (Å²) >= 11 is 0. The molecule has 1 aliphatic heterocycles. The Morgan fingerprint density at radius 2 is 2.10 bits per heavy atom. The van der Waals surface area contributed by atoms with Crippen LogP contribution in [0.4, 0.5) is 0 Å². The molecule has 1 heterocycles. The van der Waals surface area contributed by atoms with Crippen LogP contribution < -0.4 is 0 Å². The van der Waals surface area contributed by atoms with Crippen molar-refractivity contribution < 1.29 is 24.5 Å². The van der Waals surface area contributed by atoms with E-state index in [0.29, 0.717) is 37.7 Å². The Hall–Kier alpha value is -1.69. The number of aliphatic hydroxyl groups is 2. The number of aryl methyl sites for hydroxylation is 1. The molecular formula is C25H36O5. The first-order valence-electron chi connectivity index (χ1n) is 11.3. The summed E-state index contributed by atoms with van der Waals surface area (Å²) in [6, 6.07) is 10.2. The average Bonchev–Trinajstić information content (AvgIpc) is 2.92. The molecule has 0 aromatic heterocycles. The minimum Gasteiger partial charge on any atom is -0.469 e. The topological polar surface area (TPSA) is 76.0 Å². The van der Waals surface area contributed by atoms with Crippen molar-refractivity contribution in [3.63, 3.8) is 0 Å². The molecule has 2 fully saturated rings. The molecule has 1 aromatic rings. The van der Waals surface area contributed by atoms with Crippen molar-refractivity contribution >= 4 is 5.97 Å². The molecule has 0 bridgehead atoms. The van der Waals surface area contributed by atoms with Crippen LogP contribution in [0, 0.1) is 17.8 Å². The fourth-order valence-corrected chi connectivity index (χ4v) is 4.89. The number of fused-ring (bicyclic) bond motifs is 1. The minimum atomic E-state index is -0.505. The lowest BCUT2D eigenvalue weighted by molar-refractivity contribution is -0.140. The second-order valence-corrected chi connectivity index (χ2v) is 8.80. The predicted octanol–water partition coefficient (Wildman–Crippen LogP) is 3.67. The number of esters is 1. The van der Waals surface area contributed by atoms with Gasteiger partial charge in [0.25, 0.3) is 0 Å². The van der Waals surface area contributed by atoms with E-state index >= 15 is 0 Å². The van der Waals surface area contributed by atoms with E-state index < -0.39 is 12.2 Å². The van der Waals surface area contributed by atoms with E-state index in [4.69, 9.17) is 9.47 Å². The molecule has 166 valence electrons. The smallest absolute Gasteiger partial charge is 0.305 e. The first-order chi connectivity index (χ1) is 14.6. The SMILES string of the molecule is COC(=O)CCC[C@H]1CC[C@@H]2[C@@H](/C=C/[C@H](O)CCc3ccccc3)[C@H](O)C[C@@H]2OC1. The molecule has 3 rings (SSSR count). The van der Waals surface area contributed by atoms with Crippen LogP contribution in [0.25, 0.3) is 0 Å². The van der Waals surface area contributed by atoms with Crippen LogP contribution in [-0.2, 0) is 20.7 Å². The fourth-order valence-electron chi connectivity index (χ4n) is 4.89. The maximum Gasteiger partial charge on any atom is 0.305 e. The van der Waals surface area contributed by atoms with E-state index in [-0.39, 0.29) is 18.0 Å². The molecule has 1 aromatic carbocycles. The minimum absolute atomic E-state index is 0.0372. The van der Waals surface area contributed by atoms with Crippen LogP contribution in [0.1, 0.15) is 50.5 Å². The number of carbonyl (C=O) groups is 1. The summed E-state index contributed by atoms with van der Waals surface area (Å²) in [6.07, 6.45) is 9.55. The average molecular weight is 417 g/mol. The van der Waals surface area contributed by atoms with Crippen LogP contribution in [0.15, 0.2) is 42.5 Å². The molecule has 1 saturated carbocycles. The van der Waals surface area contributed by atoms with Gasteiger partial charge in [-0.05, 0) is 55.9 Å². The standard InChI is InChI=1S/C25H36O5/c1-29-25(28)9-5-8-19-11-14-22-21(23(27)16-24(22)30-17-19)15-13-20(26)12-10-18-6-3-2-4-7-18/h2-4,6-7,13,15,19-24,26-27H,5,8-12,14,16-17H2,1H3/b15-13+/t19-,20+,21+,22+,23+,24-/m0/s1. The lowest BCUT2D eigenvalue weighted by atomic mass is 9.86. The molecule has 5 nitrogen and oxygen atoms in total. The molecule has 1 aliphatic carbocycles. The van der Waals surface area contributed by atoms with Gasteiger partial charge in [-0.2, -0.15) is 0 Å². The molecular weight excluding hydrogens is 380 g/mol. The Bertz CT molecular complexity index is 673. The summed E-state index contributed by atoms with van der Waals surface area (Å²) in [7, 11) is 1.43. The third kappa shape index (κ3) is 6.66. The molecule has 0 radical (unpaired) electrons. The van der Waals surface area contributed by atoms with Gasteiger partial charge in [0.2, 0.25) is 0 Å². The lowest BCUT2D eigenvalue weighted by Crippen LogP contribution is -2.21. The first-order valence-corrected chi connectivity index (χ1v) is 11.3. The monoisotopic (exact) mass is 416 g/mol. The molecule has 0 spiro atoms. The molecule has 1 saturated heterocycles. The van der Waals surface area contributed by atoms with Crippen molar-refractivity contribution in [2.45, 2.75) is 69.7 Å². The zero-order chi connectivity index (χ0) is 21.3. The van der Waals surface area contributed by atoms with E-state index in [1.807, 2.05) is 30.4 Å².